The highest BCUT2D eigenvalue weighted by atomic mass is 32.2. The molecule has 5 aromatic rings. The van der Waals surface area contributed by atoms with Crippen molar-refractivity contribution in [3.05, 3.63) is 137 Å². The number of nitrogens with zero attached hydrogens (tertiary/aromatic N) is 5. The first-order chi connectivity index (χ1) is 39.0. The van der Waals surface area contributed by atoms with Crippen LogP contribution in [0.15, 0.2) is 114 Å². The van der Waals surface area contributed by atoms with Crippen molar-refractivity contribution in [3.63, 3.8) is 0 Å². The number of hydrogen-bond donors (Lipinski definition) is 4. The van der Waals surface area contributed by atoms with E-state index in [0.29, 0.717) is 67.6 Å². The van der Waals surface area contributed by atoms with Crippen molar-refractivity contribution in [1.82, 2.24) is 15.6 Å². The Hall–Kier alpha value is -6.89. The number of rotatable bonds is 14. The lowest BCUT2D eigenvalue weighted by Gasteiger charge is -2.52. The molecule has 0 radical (unpaired) electrons. The number of carbonyl (C=O) groups excluding carboxylic acids is 3. The summed E-state index contributed by atoms with van der Waals surface area (Å²) in [5.41, 5.74) is 8.73. The SMILES string of the molecule is CC1(C)C2=[N+](CCC3NC4CCN5c6ccc(CC(=O)CCCCCCC(=O)NCc7ccc(NC(=O)N8c9nc(-c%10cccc(C(F)(F)F)c%10)ccc9N9CCCC8(C)C9)cc7)cc6C(C)(C)C5C4C=C23)c2ccc(S(=O)(=O)O)cc21. The molecule has 2 bridgehead atoms. The van der Waals surface area contributed by atoms with Crippen LogP contribution in [-0.4, -0.2) is 95.8 Å². The molecule has 14 nitrogen and oxygen atoms in total. The van der Waals surface area contributed by atoms with E-state index in [1.165, 1.54) is 34.7 Å². The highest BCUT2D eigenvalue weighted by molar-refractivity contribution is 7.85. The third-order valence-corrected chi connectivity index (χ3v) is 19.7. The number of amides is 3. The van der Waals surface area contributed by atoms with Gasteiger partial charge in [-0.15, -0.1) is 0 Å². The van der Waals surface area contributed by atoms with Gasteiger partial charge in [-0.3, -0.25) is 19.0 Å². The normalized spacial score (nSPS) is 23.6. The molecular weight excluding hydrogens is 1070 g/mol. The van der Waals surface area contributed by atoms with E-state index in [2.05, 4.69) is 82.3 Å². The Morgan fingerprint density at radius 2 is 1.60 bits per heavy atom. The molecule has 12 rings (SSSR count). The summed E-state index contributed by atoms with van der Waals surface area (Å²) in [5, 5.41) is 10.1. The highest BCUT2D eigenvalue weighted by Gasteiger charge is 2.57. The molecular formula is C64H72F3N8O6S+. The number of benzene rings is 4. The van der Waals surface area contributed by atoms with E-state index in [4.69, 9.17) is 4.98 Å². The summed E-state index contributed by atoms with van der Waals surface area (Å²) in [6.45, 7) is 14.5. The fourth-order valence-electron chi connectivity index (χ4n) is 14.9. The fraction of sp³-hybridized carbons (Fsp3) is 0.453. The van der Waals surface area contributed by atoms with E-state index in [1.807, 2.05) is 31.2 Å². The maximum Gasteiger partial charge on any atom is 0.416 e. The second kappa shape index (κ2) is 20.8. The molecule has 5 unspecified atom stereocenters. The zero-order valence-electron chi connectivity index (χ0n) is 47.2. The van der Waals surface area contributed by atoms with Crippen LogP contribution >= 0.6 is 0 Å². The zero-order chi connectivity index (χ0) is 57.7. The lowest BCUT2D eigenvalue weighted by molar-refractivity contribution is -0.442. The topological polar surface area (TPSA) is 167 Å². The van der Waals surface area contributed by atoms with Crippen molar-refractivity contribution in [2.75, 3.05) is 46.2 Å². The molecule has 0 spiro atoms. The summed E-state index contributed by atoms with van der Waals surface area (Å²) in [6.07, 6.45) is 5.99. The van der Waals surface area contributed by atoms with Gasteiger partial charge in [0.05, 0.1) is 32.8 Å². The molecule has 8 heterocycles. The lowest BCUT2D eigenvalue weighted by atomic mass is 9.66. The van der Waals surface area contributed by atoms with Crippen molar-refractivity contribution in [3.8, 4) is 11.3 Å². The quantitative estimate of drug-likeness (QED) is 0.0477. The summed E-state index contributed by atoms with van der Waals surface area (Å²) in [4.78, 5) is 51.7. The Kier molecular flexibility index (Phi) is 14.1. The summed E-state index contributed by atoms with van der Waals surface area (Å²) in [5.74, 6) is 0.775. The number of alkyl halides is 3. The minimum Gasteiger partial charge on any atom is -0.367 e. The van der Waals surface area contributed by atoms with Gasteiger partial charge in [0.1, 0.15) is 5.78 Å². The van der Waals surface area contributed by atoms with Crippen molar-refractivity contribution >= 4 is 62.1 Å². The number of halogens is 3. The number of hydrogen-bond acceptors (Lipinski definition) is 9. The largest absolute Gasteiger partial charge is 0.416 e. The van der Waals surface area contributed by atoms with E-state index in [1.54, 1.807) is 35.2 Å². The molecule has 3 amide bonds. The number of aromatic nitrogens is 1. The van der Waals surface area contributed by atoms with Crippen LogP contribution in [0.3, 0.4) is 0 Å². The number of urea groups is 1. The van der Waals surface area contributed by atoms with Crippen LogP contribution in [0.2, 0.25) is 0 Å². The Labute approximate surface area is 478 Å². The average Bonchev–Trinajstić information content (AvgIpc) is 2.35. The smallest absolute Gasteiger partial charge is 0.367 e. The van der Waals surface area contributed by atoms with Crippen LogP contribution in [0.4, 0.5) is 46.5 Å². The first-order valence-electron chi connectivity index (χ1n) is 29.1. The van der Waals surface area contributed by atoms with Crippen LogP contribution in [0.1, 0.15) is 127 Å². The van der Waals surface area contributed by atoms with Crippen molar-refractivity contribution in [2.45, 2.75) is 157 Å². The maximum absolute atomic E-state index is 14.2. The van der Waals surface area contributed by atoms with E-state index in [0.717, 1.165) is 105 Å². The summed E-state index contributed by atoms with van der Waals surface area (Å²) in [6, 6.07) is 27.8. The molecule has 5 atom stereocenters. The number of piperidine rings is 2. The van der Waals surface area contributed by atoms with E-state index < -0.39 is 32.8 Å². The van der Waals surface area contributed by atoms with E-state index in [-0.39, 0.29) is 46.0 Å². The van der Waals surface area contributed by atoms with Crippen molar-refractivity contribution in [1.29, 1.82) is 0 Å². The Bertz CT molecular complexity index is 3600. The molecule has 7 aliphatic rings. The van der Waals surface area contributed by atoms with Gasteiger partial charge in [0, 0.05) is 115 Å². The lowest BCUT2D eigenvalue weighted by Crippen LogP contribution is -2.63. The number of nitrogens with one attached hydrogen (secondary N) is 3. The molecule has 7 aliphatic heterocycles. The van der Waals surface area contributed by atoms with Crippen LogP contribution in [-0.2, 0) is 49.7 Å². The molecule has 18 heteroatoms. The van der Waals surface area contributed by atoms with Gasteiger partial charge in [0.25, 0.3) is 10.1 Å². The van der Waals surface area contributed by atoms with Crippen molar-refractivity contribution in [2.24, 2.45) is 5.92 Å². The molecule has 4 N–H and O–H groups in total. The second-order valence-corrected chi connectivity index (χ2v) is 26.5. The molecule has 0 saturated carbocycles. The van der Waals surface area contributed by atoms with Gasteiger partial charge in [-0.05, 0) is 124 Å². The number of carbonyl (C=O) groups is 3. The van der Waals surface area contributed by atoms with E-state index >= 15 is 0 Å². The molecule has 82 heavy (non-hydrogen) atoms. The van der Waals surface area contributed by atoms with Gasteiger partial charge in [-0.2, -0.15) is 26.2 Å². The van der Waals surface area contributed by atoms with Crippen LogP contribution in [0, 0.1) is 5.92 Å². The van der Waals surface area contributed by atoms with Gasteiger partial charge in [-0.25, -0.2) is 9.78 Å². The predicted molar refractivity (Wildman–Crippen MR) is 312 cm³/mol. The zero-order valence-corrected chi connectivity index (χ0v) is 48.0. The second-order valence-electron chi connectivity index (χ2n) is 25.1. The minimum atomic E-state index is -4.51. The van der Waals surface area contributed by atoms with Gasteiger partial charge in [-0.1, -0.05) is 69.2 Å². The first-order valence-corrected chi connectivity index (χ1v) is 30.5. The summed E-state index contributed by atoms with van der Waals surface area (Å²) < 4.78 is 77.5. The third kappa shape index (κ3) is 10.1. The van der Waals surface area contributed by atoms with Crippen LogP contribution in [0.25, 0.3) is 11.3 Å². The third-order valence-electron chi connectivity index (χ3n) is 18.8. The number of unbranched alkanes of at least 4 members (excludes halogenated alkanes) is 3. The average molecular weight is 1140 g/mol. The van der Waals surface area contributed by atoms with Gasteiger partial charge >= 0.3 is 12.2 Å². The van der Waals surface area contributed by atoms with Gasteiger partial charge in [0.15, 0.2) is 18.1 Å². The van der Waals surface area contributed by atoms with Crippen LogP contribution < -0.4 is 30.7 Å². The van der Waals surface area contributed by atoms with Gasteiger partial charge in [0.2, 0.25) is 11.6 Å². The van der Waals surface area contributed by atoms with Crippen LogP contribution in [0.5, 0.6) is 0 Å². The Morgan fingerprint density at radius 1 is 0.841 bits per heavy atom. The predicted octanol–water partition coefficient (Wildman–Crippen LogP) is 11.4. The number of fused-ring (bicyclic) bond motifs is 13. The maximum atomic E-state index is 14.2. The minimum absolute atomic E-state index is 0.0572. The molecule has 4 aromatic carbocycles. The summed E-state index contributed by atoms with van der Waals surface area (Å²) >= 11 is 0. The summed E-state index contributed by atoms with van der Waals surface area (Å²) in [7, 11) is -4.35. The van der Waals surface area contributed by atoms with Crippen molar-refractivity contribution < 1.29 is 45.1 Å². The molecule has 0 aliphatic carbocycles. The highest BCUT2D eigenvalue weighted by Crippen LogP contribution is 2.54. The molecule has 2 fully saturated rings. The Balaban J connectivity index is 0.604. The first kappa shape index (κ1) is 55.6. The molecule has 430 valence electrons. The fourth-order valence-corrected chi connectivity index (χ4v) is 15.4. The monoisotopic (exact) mass is 1140 g/mol. The number of anilines is 4. The Morgan fingerprint density at radius 3 is 2.37 bits per heavy atom. The number of ketones is 1. The molecule has 2 saturated heterocycles. The van der Waals surface area contributed by atoms with Gasteiger partial charge < -0.3 is 25.8 Å². The van der Waals surface area contributed by atoms with E-state index in [9.17, 15) is 40.5 Å². The molecule has 1 aromatic heterocycles. The number of Topliss-reactive ketones (excluding diaryl/α,β-unsaturated/α-hetero) is 1. The standard InChI is InChI=1S/C64H71F3N8O6S/c1-61(2)48-33-40(18-23-53(48)73-30-26-51-46(57(61)73)36-47-52(70-51)27-31-74-54-24-21-45(82(79,80)81)35-49(54)62(3,4)58(47)74)32-44(76)14-8-6-7-9-15-56(77)68-37-39-16-19-43(20-17-39)69-60(78)75-59-55(72-29-11-28-63(75,5)38-72)25-22-50(71-59)41-12-10-13-42(34-41)64(65,66)67/h10,12-13,16-25,33-36,46,51-52,57,70H,6-9,11,14-15,26-32,37-38H2,1-5H3,(H2-,68,69,77,78,79,80,81)/p+1. The number of pyridine rings is 1.